The van der Waals surface area contributed by atoms with Gasteiger partial charge in [-0.25, -0.2) is 13.2 Å². The molecule has 0 saturated carbocycles. The van der Waals surface area contributed by atoms with Gasteiger partial charge in [-0.3, -0.25) is 4.90 Å². The smallest absolute Gasteiger partial charge is 0.323 e. The van der Waals surface area contributed by atoms with Crippen molar-refractivity contribution < 1.29 is 22.0 Å². The van der Waals surface area contributed by atoms with E-state index in [1.165, 1.54) is 25.0 Å². The molecule has 1 N–H and O–H groups in total. The Morgan fingerprint density at radius 3 is 2.35 bits per heavy atom. The molecular formula is C17H23F2N3O3S. The number of hydrogen-bond acceptors (Lipinski definition) is 4. The maximum atomic E-state index is 12.5. The molecule has 1 atom stereocenters. The highest BCUT2D eigenvalue weighted by molar-refractivity contribution is 7.91. The number of carbonyl (C=O) groups is 1. The summed E-state index contributed by atoms with van der Waals surface area (Å²) in [5, 5.41) is 2.72. The van der Waals surface area contributed by atoms with Gasteiger partial charge >= 0.3 is 11.8 Å². The number of sulfone groups is 1. The first-order valence-electron chi connectivity index (χ1n) is 8.80. The molecule has 2 fully saturated rings. The fourth-order valence-electron chi connectivity index (χ4n) is 3.58. The van der Waals surface area contributed by atoms with Gasteiger partial charge in [0.05, 0.1) is 4.90 Å². The van der Waals surface area contributed by atoms with Crippen LogP contribution >= 0.6 is 0 Å². The van der Waals surface area contributed by atoms with Crippen LogP contribution in [0.4, 0.5) is 19.3 Å². The zero-order chi connectivity index (χ0) is 18.7. The summed E-state index contributed by atoms with van der Waals surface area (Å²) in [5.74, 6) is -3.46. The Morgan fingerprint density at radius 1 is 1.08 bits per heavy atom. The minimum atomic E-state index is -4.62. The Bertz CT molecular complexity index is 734. The fourth-order valence-corrected chi connectivity index (χ4v) is 4.30. The van der Waals surface area contributed by atoms with Crippen LogP contribution in [0, 0.1) is 0 Å². The molecular weight excluding hydrogens is 364 g/mol. The lowest BCUT2D eigenvalue weighted by molar-refractivity contribution is 0.132. The zero-order valence-electron chi connectivity index (χ0n) is 14.4. The van der Waals surface area contributed by atoms with Gasteiger partial charge < -0.3 is 10.2 Å². The minimum absolute atomic E-state index is 0.252. The molecule has 2 amide bonds. The summed E-state index contributed by atoms with van der Waals surface area (Å²) in [6.45, 7) is 3.51. The lowest BCUT2D eigenvalue weighted by Crippen LogP contribution is -2.50. The maximum Gasteiger partial charge on any atom is 0.341 e. The number of hydrogen-bond donors (Lipinski definition) is 1. The van der Waals surface area contributed by atoms with Crippen molar-refractivity contribution in [2.24, 2.45) is 0 Å². The average molecular weight is 387 g/mol. The lowest BCUT2D eigenvalue weighted by Gasteiger charge is -2.37. The molecule has 2 aliphatic rings. The molecule has 9 heteroatoms. The molecule has 2 saturated heterocycles. The van der Waals surface area contributed by atoms with Crippen molar-refractivity contribution in [1.82, 2.24) is 9.80 Å². The number of amides is 2. The van der Waals surface area contributed by atoms with Crippen molar-refractivity contribution >= 4 is 21.6 Å². The van der Waals surface area contributed by atoms with Crippen LogP contribution in [0.1, 0.15) is 25.7 Å². The summed E-state index contributed by atoms with van der Waals surface area (Å²) in [6.07, 6.45) is 4.44. The number of nitrogens with zero attached hydrogens (tertiary/aromatic N) is 2. The number of anilines is 1. The van der Waals surface area contributed by atoms with Crippen LogP contribution in [-0.4, -0.2) is 62.2 Å². The van der Waals surface area contributed by atoms with Crippen LogP contribution in [0.25, 0.3) is 0 Å². The van der Waals surface area contributed by atoms with Crippen molar-refractivity contribution in [1.29, 1.82) is 0 Å². The van der Waals surface area contributed by atoms with Crippen LogP contribution < -0.4 is 5.32 Å². The molecule has 2 aliphatic heterocycles. The third-order valence-electron chi connectivity index (χ3n) is 5.01. The van der Waals surface area contributed by atoms with Crippen LogP contribution in [0.3, 0.4) is 0 Å². The maximum absolute atomic E-state index is 12.5. The first-order chi connectivity index (χ1) is 12.4. The van der Waals surface area contributed by atoms with Crippen molar-refractivity contribution in [3.05, 3.63) is 24.3 Å². The van der Waals surface area contributed by atoms with Gasteiger partial charge in [0.2, 0.25) is 9.84 Å². The van der Waals surface area contributed by atoms with E-state index >= 15 is 0 Å². The van der Waals surface area contributed by atoms with Crippen molar-refractivity contribution in [2.45, 2.75) is 42.4 Å². The van der Waals surface area contributed by atoms with Crippen molar-refractivity contribution in [2.75, 3.05) is 31.5 Å². The molecule has 0 radical (unpaired) electrons. The van der Waals surface area contributed by atoms with Gasteiger partial charge in [0.25, 0.3) is 0 Å². The molecule has 6 nitrogen and oxygen atoms in total. The molecule has 0 aromatic heterocycles. The van der Waals surface area contributed by atoms with Crippen molar-refractivity contribution in [3.63, 3.8) is 0 Å². The standard InChI is InChI=1S/C17H23F2N3O3S/c18-16(19)26(24,25)15-7-5-13(6-8-15)20-17(23)22-11-3-4-14(12-22)21-9-1-2-10-21/h5-8,14,16H,1-4,9-12H2,(H,20,23). The Balaban J connectivity index is 1.60. The third kappa shape index (κ3) is 4.15. The Morgan fingerprint density at radius 2 is 1.73 bits per heavy atom. The number of alkyl halides is 2. The van der Waals surface area contributed by atoms with Gasteiger partial charge in [0.1, 0.15) is 0 Å². The predicted octanol–water partition coefficient (Wildman–Crippen LogP) is 2.78. The first-order valence-corrected chi connectivity index (χ1v) is 10.3. The number of benzene rings is 1. The summed E-state index contributed by atoms with van der Waals surface area (Å²) in [5.41, 5.74) is 0.381. The third-order valence-corrected chi connectivity index (χ3v) is 6.41. The molecule has 1 aromatic rings. The van der Waals surface area contributed by atoms with E-state index < -0.39 is 20.5 Å². The summed E-state index contributed by atoms with van der Waals surface area (Å²) >= 11 is 0. The SMILES string of the molecule is O=C(Nc1ccc(S(=O)(=O)C(F)F)cc1)N1CCCC(N2CCCC2)C1. The molecule has 3 rings (SSSR count). The largest absolute Gasteiger partial charge is 0.341 e. The quantitative estimate of drug-likeness (QED) is 0.863. The number of halogens is 2. The molecule has 0 bridgehead atoms. The summed E-state index contributed by atoms with van der Waals surface area (Å²) in [4.78, 5) is 16.2. The number of urea groups is 1. The van der Waals surface area contributed by atoms with E-state index in [1.54, 1.807) is 4.90 Å². The highest BCUT2D eigenvalue weighted by atomic mass is 32.2. The highest BCUT2D eigenvalue weighted by Gasteiger charge is 2.29. The van der Waals surface area contributed by atoms with E-state index in [1.807, 2.05) is 0 Å². The molecule has 144 valence electrons. The van der Waals surface area contributed by atoms with E-state index in [2.05, 4.69) is 10.2 Å². The fraction of sp³-hybridized carbons (Fsp3) is 0.588. The number of nitrogens with one attached hydrogen (secondary N) is 1. The van der Waals surface area contributed by atoms with Crippen LogP contribution in [0.5, 0.6) is 0 Å². The summed E-state index contributed by atoms with van der Waals surface area (Å²) in [7, 11) is -4.62. The minimum Gasteiger partial charge on any atom is -0.323 e. The van der Waals surface area contributed by atoms with Gasteiger partial charge in [0.15, 0.2) is 0 Å². The number of piperidine rings is 1. The second kappa shape index (κ2) is 7.87. The Hall–Kier alpha value is -1.74. The second-order valence-corrected chi connectivity index (χ2v) is 8.66. The predicted molar refractivity (Wildman–Crippen MR) is 94.1 cm³/mol. The van der Waals surface area contributed by atoms with Crippen molar-refractivity contribution in [3.8, 4) is 0 Å². The van der Waals surface area contributed by atoms with Gasteiger partial charge in [-0.1, -0.05) is 0 Å². The van der Waals surface area contributed by atoms with E-state index in [0.717, 1.165) is 38.1 Å². The normalized spacial score (nSPS) is 22.0. The summed E-state index contributed by atoms with van der Waals surface area (Å²) < 4.78 is 47.9. The zero-order valence-corrected chi connectivity index (χ0v) is 15.2. The monoisotopic (exact) mass is 387 g/mol. The Labute approximate surface area is 152 Å². The van der Waals surface area contributed by atoms with Gasteiger partial charge in [-0.15, -0.1) is 0 Å². The van der Waals surface area contributed by atoms with Gasteiger partial charge in [0, 0.05) is 24.8 Å². The number of likely N-dealkylation sites (tertiary alicyclic amines) is 2. The lowest BCUT2D eigenvalue weighted by atomic mass is 10.0. The highest BCUT2D eigenvalue weighted by Crippen LogP contribution is 2.23. The van der Waals surface area contributed by atoms with E-state index in [4.69, 9.17) is 0 Å². The molecule has 0 aliphatic carbocycles. The van der Waals surface area contributed by atoms with Gasteiger partial charge in [-0.05, 0) is 63.0 Å². The summed E-state index contributed by atoms with van der Waals surface area (Å²) in [6, 6.07) is 4.96. The van der Waals surface area contributed by atoms with Crippen LogP contribution in [-0.2, 0) is 9.84 Å². The first kappa shape index (κ1) is 19.0. The molecule has 1 aromatic carbocycles. The van der Waals surface area contributed by atoms with E-state index in [0.29, 0.717) is 24.8 Å². The average Bonchev–Trinajstić information content (AvgIpc) is 3.17. The van der Waals surface area contributed by atoms with E-state index in [9.17, 15) is 22.0 Å². The van der Waals surface area contributed by atoms with Crippen LogP contribution in [0.2, 0.25) is 0 Å². The number of rotatable bonds is 4. The molecule has 26 heavy (non-hydrogen) atoms. The topological polar surface area (TPSA) is 69.7 Å². The number of carbonyl (C=O) groups excluding carboxylic acids is 1. The Kier molecular flexibility index (Phi) is 5.76. The van der Waals surface area contributed by atoms with Crippen LogP contribution in [0.15, 0.2) is 29.2 Å². The molecule has 2 heterocycles. The van der Waals surface area contributed by atoms with E-state index in [-0.39, 0.29) is 6.03 Å². The van der Waals surface area contributed by atoms with Gasteiger partial charge in [-0.2, -0.15) is 8.78 Å². The molecule has 1 unspecified atom stereocenters. The second-order valence-electron chi connectivity index (χ2n) is 6.75. The molecule has 0 spiro atoms.